The molecule has 0 amide bonds. The van der Waals surface area contributed by atoms with Gasteiger partial charge in [-0.2, -0.15) is 0 Å². The molecular formula is C17H26N2O2. The topological polar surface area (TPSA) is 24.9 Å². The largest absolute Gasteiger partial charge is 0.497 e. The summed E-state index contributed by atoms with van der Waals surface area (Å²) in [7, 11) is 3.41. The summed E-state index contributed by atoms with van der Waals surface area (Å²) in [6.07, 6.45) is 0. The number of methoxy groups -OCH3 is 2. The first-order valence-corrected chi connectivity index (χ1v) is 7.42. The van der Waals surface area contributed by atoms with E-state index in [1.807, 2.05) is 12.1 Å². The van der Waals surface area contributed by atoms with Gasteiger partial charge in [-0.05, 0) is 25.1 Å². The standard InChI is InChI=1S/C17H26N2O2/c1-14(2)12-18-7-9-19(10-8-18)13-15-11-16(20-3)5-6-17(15)21-4/h5-6,11H,1,7-10,12-13H2,2-4H3. The van der Waals surface area contributed by atoms with Crippen LogP contribution >= 0.6 is 0 Å². The lowest BCUT2D eigenvalue weighted by Crippen LogP contribution is -2.46. The maximum absolute atomic E-state index is 5.46. The van der Waals surface area contributed by atoms with Crippen LogP contribution in [0.4, 0.5) is 0 Å². The molecule has 0 spiro atoms. The molecule has 1 aromatic rings. The Morgan fingerprint density at radius 3 is 2.33 bits per heavy atom. The molecule has 1 aliphatic heterocycles. The van der Waals surface area contributed by atoms with Crippen LogP contribution in [0.3, 0.4) is 0 Å². The van der Waals surface area contributed by atoms with Gasteiger partial charge in [0.05, 0.1) is 14.2 Å². The molecule has 0 radical (unpaired) electrons. The molecule has 0 N–H and O–H groups in total. The maximum Gasteiger partial charge on any atom is 0.123 e. The molecule has 4 nitrogen and oxygen atoms in total. The van der Waals surface area contributed by atoms with Crippen molar-refractivity contribution in [2.24, 2.45) is 0 Å². The number of rotatable bonds is 6. The predicted molar refractivity (Wildman–Crippen MR) is 86.1 cm³/mol. The Kier molecular flexibility index (Phi) is 5.65. The first-order valence-electron chi connectivity index (χ1n) is 7.42. The van der Waals surface area contributed by atoms with E-state index in [1.54, 1.807) is 14.2 Å². The van der Waals surface area contributed by atoms with Crippen molar-refractivity contribution in [3.8, 4) is 11.5 Å². The van der Waals surface area contributed by atoms with Gasteiger partial charge in [-0.25, -0.2) is 0 Å². The van der Waals surface area contributed by atoms with Gasteiger partial charge in [0.25, 0.3) is 0 Å². The van der Waals surface area contributed by atoms with E-state index in [1.165, 1.54) is 11.1 Å². The lowest BCUT2D eigenvalue weighted by Gasteiger charge is -2.35. The molecule has 1 saturated heterocycles. The van der Waals surface area contributed by atoms with E-state index in [9.17, 15) is 0 Å². The van der Waals surface area contributed by atoms with Gasteiger partial charge < -0.3 is 9.47 Å². The van der Waals surface area contributed by atoms with E-state index in [0.29, 0.717) is 0 Å². The Morgan fingerprint density at radius 2 is 1.76 bits per heavy atom. The van der Waals surface area contributed by atoms with Crippen molar-refractivity contribution in [2.75, 3.05) is 46.9 Å². The molecular weight excluding hydrogens is 264 g/mol. The molecule has 0 atom stereocenters. The third-order valence-corrected chi connectivity index (χ3v) is 3.84. The summed E-state index contributed by atoms with van der Waals surface area (Å²) in [6.45, 7) is 12.3. The summed E-state index contributed by atoms with van der Waals surface area (Å²) in [5, 5.41) is 0. The van der Waals surface area contributed by atoms with Crippen molar-refractivity contribution in [1.29, 1.82) is 0 Å². The fourth-order valence-corrected chi connectivity index (χ4v) is 2.73. The van der Waals surface area contributed by atoms with Crippen LogP contribution < -0.4 is 9.47 Å². The summed E-state index contributed by atoms with van der Waals surface area (Å²) in [6, 6.07) is 5.98. The second kappa shape index (κ2) is 7.48. The number of hydrogen-bond acceptors (Lipinski definition) is 4. The third kappa shape index (κ3) is 4.48. The average Bonchev–Trinajstić information content (AvgIpc) is 2.48. The van der Waals surface area contributed by atoms with Gasteiger partial charge in [-0.1, -0.05) is 12.2 Å². The summed E-state index contributed by atoms with van der Waals surface area (Å²) in [5.41, 5.74) is 2.42. The molecule has 0 saturated carbocycles. The van der Waals surface area contributed by atoms with Crippen LogP contribution in [0, 0.1) is 0 Å². The average molecular weight is 290 g/mol. The minimum Gasteiger partial charge on any atom is -0.497 e. The highest BCUT2D eigenvalue weighted by Crippen LogP contribution is 2.25. The predicted octanol–water partition coefficient (Wildman–Crippen LogP) is 2.40. The van der Waals surface area contributed by atoms with Gasteiger partial charge in [-0.15, -0.1) is 0 Å². The van der Waals surface area contributed by atoms with Gasteiger partial charge in [0.15, 0.2) is 0 Å². The Morgan fingerprint density at radius 1 is 1.10 bits per heavy atom. The van der Waals surface area contributed by atoms with E-state index < -0.39 is 0 Å². The number of piperazine rings is 1. The van der Waals surface area contributed by atoms with Crippen LogP contribution in [-0.2, 0) is 6.54 Å². The van der Waals surface area contributed by atoms with Crippen LogP contribution in [-0.4, -0.2) is 56.7 Å². The zero-order valence-corrected chi connectivity index (χ0v) is 13.4. The Balaban J connectivity index is 1.95. The van der Waals surface area contributed by atoms with Crippen molar-refractivity contribution in [2.45, 2.75) is 13.5 Å². The van der Waals surface area contributed by atoms with E-state index in [-0.39, 0.29) is 0 Å². The number of nitrogens with zero attached hydrogens (tertiary/aromatic N) is 2. The second-order valence-corrected chi connectivity index (χ2v) is 5.69. The molecule has 0 unspecified atom stereocenters. The molecule has 2 rings (SSSR count). The Hall–Kier alpha value is -1.52. The quantitative estimate of drug-likeness (QED) is 0.751. The van der Waals surface area contributed by atoms with Crippen LogP contribution in [0.15, 0.2) is 30.4 Å². The zero-order chi connectivity index (χ0) is 15.2. The Labute approximate surface area is 127 Å². The van der Waals surface area contributed by atoms with Crippen LogP contribution in [0.2, 0.25) is 0 Å². The molecule has 1 aromatic carbocycles. The second-order valence-electron chi connectivity index (χ2n) is 5.69. The summed E-state index contributed by atoms with van der Waals surface area (Å²) >= 11 is 0. The first kappa shape index (κ1) is 15.9. The van der Waals surface area contributed by atoms with E-state index in [2.05, 4.69) is 29.4 Å². The Bertz CT molecular complexity index is 480. The minimum absolute atomic E-state index is 0.881. The van der Waals surface area contributed by atoms with Gasteiger partial charge in [0.1, 0.15) is 11.5 Å². The lowest BCUT2D eigenvalue weighted by molar-refractivity contribution is 0.134. The third-order valence-electron chi connectivity index (χ3n) is 3.84. The maximum atomic E-state index is 5.46. The highest BCUT2D eigenvalue weighted by atomic mass is 16.5. The van der Waals surface area contributed by atoms with Crippen molar-refractivity contribution >= 4 is 0 Å². The molecule has 1 aliphatic rings. The summed E-state index contributed by atoms with van der Waals surface area (Å²) in [5.74, 6) is 1.81. The van der Waals surface area contributed by atoms with Gasteiger partial charge >= 0.3 is 0 Å². The molecule has 21 heavy (non-hydrogen) atoms. The fourth-order valence-electron chi connectivity index (χ4n) is 2.73. The summed E-state index contributed by atoms with van der Waals surface area (Å²) in [4.78, 5) is 4.92. The van der Waals surface area contributed by atoms with Gasteiger partial charge in [-0.3, -0.25) is 9.80 Å². The number of hydrogen-bond donors (Lipinski definition) is 0. The van der Waals surface area contributed by atoms with Crippen LogP contribution in [0.5, 0.6) is 11.5 Å². The van der Waals surface area contributed by atoms with E-state index >= 15 is 0 Å². The normalized spacial score (nSPS) is 16.7. The van der Waals surface area contributed by atoms with Crippen molar-refractivity contribution < 1.29 is 9.47 Å². The fraction of sp³-hybridized carbons (Fsp3) is 0.529. The van der Waals surface area contributed by atoms with E-state index in [0.717, 1.165) is 50.8 Å². The minimum atomic E-state index is 0.881. The molecule has 0 aliphatic carbocycles. The molecule has 0 bridgehead atoms. The zero-order valence-electron chi connectivity index (χ0n) is 13.4. The van der Waals surface area contributed by atoms with Crippen molar-refractivity contribution in [3.63, 3.8) is 0 Å². The highest BCUT2D eigenvalue weighted by molar-refractivity contribution is 5.40. The summed E-state index contributed by atoms with van der Waals surface area (Å²) < 4.78 is 10.8. The van der Waals surface area contributed by atoms with Gasteiger partial charge in [0, 0.05) is 44.8 Å². The van der Waals surface area contributed by atoms with Gasteiger partial charge in [0.2, 0.25) is 0 Å². The molecule has 0 aromatic heterocycles. The number of benzene rings is 1. The highest BCUT2D eigenvalue weighted by Gasteiger charge is 2.18. The molecule has 116 valence electrons. The molecule has 1 heterocycles. The van der Waals surface area contributed by atoms with Crippen molar-refractivity contribution in [3.05, 3.63) is 35.9 Å². The monoisotopic (exact) mass is 290 g/mol. The molecule has 4 heteroatoms. The van der Waals surface area contributed by atoms with E-state index in [4.69, 9.17) is 9.47 Å². The van der Waals surface area contributed by atoms with Crippen LogP contribution in [0.25, 0.3) is 0 Å². The SMILES string of the molecule is C=C(C)CN1CCN(Cc2cc(OC)ccc2OC)CC1. The number of ether oxygens (including phenoxy) is 2. The molecule has 1 fully saturated rings. The first-order chi connectivity index (χ1) is 10.1. The smallest absolute Gasteiger partial charge is 0.123 e. The lowest BCUT2D eigenvalue weighted by atomic mass is 10.1. The van der Waals surface area contributed by atoms with Crippen molar-refractivity contribution in [1.82, 2.24) is 9.80 Å². The van der Waals surface area contributed by atoms with Crippen LogP contribution in [0.1, 0.15) is 12.5 Å².